The molecule has 0 atom stereocenters. The summed E-state index contributed by atoms with van der Waals surface area (Å²) in [4.78, 5) is 7.23. The van der Waals surface area contributed by atoms with E-state index >= 15 is 0 Å². The SMILES string of the molecule is CC/C(C)=N\OCCN1CCS(=O)(=O)CC1. The van der Waals surface area contributed by atoms with E-state index in [1.807, 2.05) is 13.8 Å². The van der Waals surface area contributed by atoms with Gasteiger partial charge in [0, 0.05) is 19.6 Å². The summed E-state index contributed by atoms with van der Waals surface area (Å²) in [6.07, 6.45) is 0.891. The van der Waals surface area contributed by atoms with Crippen molar-refractivity contribution in [2.75, 3.05) is 37.7 Å². The van der Waals surface area contributed by atoms with Crippen molar-refractivity contribution in [1.82, 2.24) is 4.90 Å². The Kier molecular flexibility index (Phi) is 5.21. The molecule has 16 heavy (non-hydrogen) atoms. The second-order valence-corrected chi connectivity index (χ2v) is 6.31. The number of hydrogen-bond donors (Lipinski definition) is 0. The third kappa shape index (κ3) is 4.94. The van der Waals surface area contributed by atoms with Crippen LogP contribution in [0.2, 0.25) is 0 Å². The Morgan fingerprint density at radius 1 is 1.38 bits per heavy atom. The lowest BCUT2D eigenvalue weighted by molar-refractivity contribution is 0.113. The number of sulfone groups is 1. The zero-order valence-corrected chi connectivity index (χ0v) is 10.8. The molecule has 1 fully saturated rings. The fourth-order valence-electron chi connectivity index (χ4n) is 1.36. The summed E-state index contributed by atoms with van der Waals surface area (Å²) in [5.74, 6) is 0.536. The zero-order chi connectivity index (χ0) is 12.0. The molecular weight excluding hydrogens is 228 g/mol. The number of nitrogens with zero attached hydrogens (tertiary/aromatic N) is 2. The van der Waals surface area contributed by atoms with E-state index in [9.17, 15) is 8.42 Å². The summed E-state index contributed by atoms with van der Waals surface area (Å²) in [7, 11) is -2.77. The largest absolute Gasteiger partial charge is 0.394 e. The number of oxime groups is 1. The second kappa shape index (κ2) is 6.20. The molecule has 5 nitrogen and oxygen atoms in total. The van der Waals surface area contributed by atoms with Gasteiger partial charge in [0.25, 0.3) is 0 Å². The van der Waals surface area contributed by atoms with E-state index in [2.05, 4.69) is 10.1 Å². The summed E-state index contributed by atoms with van der Waals surface area (Å²) in [5, 5.41) is 3.93. The van der Waals surface area contributed by atoms with Crippen LogP contribution in [0.4, 0.5) is 0 Å². The van der Waals surface area contributed by atoms with E-state index in [1.54, 1.807) is 0 Å². The van der Waals surface area contributed by atoms with E-state index in [0.29, 0.717) is 19.7 Å². The Morgan fingerprint density at radius 2 is 2.00 bits per heavy atom. The molecule has 0 aromatic carbocycles. The molecule has 0 bridgehead atoms. The van der Waals surface area contributed by atoms with Gasteiger partial charge in [0.05, 0.1) is 17.2 Å². The van der Waals surface area contributed by atoms with Gasteiger partial charge < -0.3 is 4.84 Å². The first kappa shape index (κ1) is 13.4. The van der Waals surface area contributed by atoms with Gasteiger partial charge in [-0.2, -0.15) is 0 Å². The van der Waals surface area contributed by atoms with Crippen molar-refractivity contribution in [3.05, 3.63) is 0 Å². The lowest BCUT2D eigenvalue weighted by Gasteiger charge is -2.25. The first-order chi connectivity index (χ1) is 7.53. The maximum atomic E-state index is 11.2. The van der Waals surface area contributed by atoms with Gasteiger partial charge in [0.1, 0.15) is 6.61 Å². The van der Waals surface area contributed by atoms with Crippen LogP contribution in [0.3, 0.4) is 0 Å². The van der Waals surface area contributed by atoms with Crippen LogP contribution in [0.1, 0.15) is 20.3 Å². The van der Waals surface area contributed by atoms with E-state index < -0.39 is 9.84 Å². The molecule has 0 radical (unpaired) electrons. The third-order valence-corrected chi connectivity index (χ3v) is 4.28. The highest BCUT2D eigenvalue weighted by Crippen LogP contribution is 2.03. The molecule has 0 aromatic rings. The quantitative estimate of drug-likeness (QED) is 0.404. The van der Waals surface area contributed by atoms with Crippen molar-refractivity contribution in [1.29, 1.82) is 0 Å². The lowest BCUT2D eigenvalue weighted by Crippen LogP contribution is -2.41. The van der Waals surface area contributed by atoms with Gasteiger partial charge >= 0.3 is 0 Å². The molecule has 1 saturated heterocycles. The molecule has 1 heterocycles. The van der Waals surface area contributed by atoms with Crippen LogP contribution in [-0.4, -0.2) is 56.8 Å². The molecule has 1 aliphatic heterocycles. The molecule has 0 saturated carbocycles. The summed E-state index contributed by atoms with van der Waals surface area (Å²) in [6, 6.07) is 0. The van der Waals surface area contributed by atoms with E-state index in [1.165, 1.54) is 0 Å². The molecule has 0 aromatic heterocycles. The smallest absolute Gasteiger partial charge is 0.152 e. The molecule has 0 N–H and O–H groups in total. The minimum absolute atomic E-state index is 0.268. The summed E-state index contributed by atoms with van der Waals surface area (Å²) < 4.78 is 22.3. The van der Waals surface area contributed by atoms with E-state index in [-0.39, 0.29) is 11.5 Å². The monoisotopic (exact) mass is 248 g/mol. The molecule has 6 heteroatoms. The first-order valence-corrected chi connectivity index (χ1v) is 7.44. The summed E-state index contributed by atoms with van der Waals surface area (Å²) in [6.45, 7) is 6.45. The van der Waals surface area contributed by atoms with Gasteiger partial charge in [-0.1, -0.05) is 12.1 Å². The first-order valence-electron chi connectivity index (χ1n) is 5.61. The highest BCUT2D eigenvalue weighted by molar-refractivity contribution is 7.91. The van der Waals surface area contributed by atoms with Gasteiger partial charge in [0.2, 0.25) is 0 Å². The Balaban J connectivity index is 2.16. The van der Waals surface area contributed by atoms with Crippen LogP contribution in [-0.2, 0) is 14.7 Å². The Labute approximate surface area is 97.4 Å². The molecule has 0 spiro atoms. The topological polar surface area (TPSA) is 59.0 Å². The molecule has 0 amide bonds. The summed E-state index contributed by atoms with van der Waals surface area (Å²) in [5.41, 5.74) is 0.973. The van der Waals surface area contributed by atoms with Crippen molar-refractivity contribution in [2.45, 2.75) is 20.3 Å². The average molecular weight is 248 g/mol. The lowest BCUT2D eigenvalue weighted by atomic mass is 10.3. The van der Waals surface area contributed by atoms with E-state index in [0.717, 1.165) is 18.7 Å². The van der Waals surface area contributed by atoms with Gasteiger partial charge in [-0.05, 0) is 13.3 Å². The zero-order valence-electron chi connectivity index (χ0n) is 9.98. The van der Waals surface area contributed by atoms with Gasteiger partial charge in [0.15, 0.2) is 9.84 Å². The maximum absolute atomic E-state index is 11.2. The number of hydrogen-bond acceptors (Lipinski definition) is 5. The predicted octanol–water partition coefficient (Wildman–Crippen LogP) is 0.519. The van der Waals surface area contributed by atoms with Crippen molar-refractivity contribution in [3.8, 4) is 0 Å². The standard InChI is InChI=1S/C10H20N2O3S/c1-3-10(2)11-15-7-4-12-5-8-16(13,14)9-6-12/h3-9H2,1-2H3/b11-10-. The average Bonchev–Trinajstić information content (AvgIpc) is 2.26. The highest BCUT2D eigenvalue weighted by Gasteiger charge is 2.20. The highest BCUT2D eigenvalue weighted by atomic mass is 32.2. The van der Waals surface area contributed by atoms with Gasteiger partial charge in [-0.15, -0.1) is 0 Å². The Hall–Kier alpha value is -0.620. The van der Waals surface area contributed by atoms with Crippen molar-refractivity contribution < 1.29 is 13.3 Å². The predicted molar refractivity (Wildman–Crippen MR) is 64.4 cm³/mol. The maximum Gasteiger partial charge on any atom is 0.152 e. The van der Waals surface area contributed by atoms with Gasteiger partial charge in [-0.3, -0.25) is 4.90 Å². The second-order valence-electron chi connectivity index (χ2n) is 4.01. The van der Waals surface area contributed by atoms with Crippen LogP contribution >= 0.6 is 0 Å². The van der Waals surface area contributed by atoms with Crippen molar-refractivity contribution in [3.63, 3.8) is 0 Å². The molecule has 0 unspecified atom stereocenters. The molecular formula is C10H20N2O3S. The Bertz CT molecular complexity index is 324. The van der Waals surface area contributed by atoms with Crippen LogP contribution < -0.4 is 0 Å². The molecule has 1 rings (SSSR count). The molecule has 0 aliphatic carbocycles. The minimum atomic E-state index is -2.77. The summed E-state index contributed by atoms with van der Waals surface area (Å²) >= 11 is 0. The van der Waals surface area contributed by atoms with Crippen LogP contribution in [0.15, 0.2) is 5.16 Å². The fourth-order valence-corrected chi connectivity index (χ4v) is 2.64. The third-order valence-electron chi connectivity index (χ3n) is 2.67. The van der Waals surface area contributed by atoms with E-state index in [4.69, 9.17) is 4.84 Å². The van der Waals surface area contributed by atoms with Gasteiger partial charge in [-0.25, -0.2) is 8.42 Å². The molecule has 94 valence electrons. The van der Waals surface area contributed by atoms with Crippen LogP contribution in [0.25, 0.3) is 0 Å². The fraction of sp³-hybridized carbons (Fsp3) is 0.900. The van der Waals surface area contributed by atoms with Crippen LogP contribution in [0.5, 0.6) is 0 Å². The minimum Gasteiger partial charge on any atom is -0.394 e. The number of rotatable bonds is 5. The van der Waals surface area contributed by atoms with Crippen molar-refractivity contribution >= 4 is 15.5 Å². The molecule has 1 aliphatic rings. The normalized spacial score (nSPS) is 22.0. The van der Waals surface area contributed by atoms with Crippen LogP contribution in [0, 0.1) is 0 Å². The van der Waals surface area contributed by atoms with Crippen molar-refractivity contribution in [2.24, 2.45) is 5.16 Å². The Morgan fingerprint density at radius 3 is 2.56 bits per heavy atom.